The molecule has 1 amide bonds. The summed E-state index contributed by atoms with van der Waals surface area (Å²) < 4.78 is 27.7. The van der Waals surface area contributed by atoms with Crippen LogP contribution in [0.4, 0.5) is 5.69 Å². The van der Waals surface area contributed by atoms with Crippen molar-refractivity contribution in [1.82, 2.24) is 14.5 Å². The summed E-state index contributed by atoms with van der Waals surface area (Å²) in [5.74, 6) is -0.384. The quantitative estimate of drug-likeness (QED) is 0.743. The third kappa shape index (κ3) is 4.53. The fourth-order valence-electron chi connectivity index (χ4n) is 2.06. The number of sulfonamides is 1. The number of aromatic nitrogens is 2. The Bertz CT molecular complexity index is 839. The number of carbonyl (C=O) groups is 1. The zero-order valence-corrected chi connectivity index (χ0v) is 14.4. The van der Waals surface area contributed by atoms with Crippen LogP contribution in [0.3, 0.4) is 0 Å². The molecule has 0 spiro atoms. The summed E-state index contributed by atoms with van der Waals surface area (Å²) >= 11 is 0. The van der Waals surface area contributed by atoms with Gasteiger partial charge in [0.15, 0.2) is 0 Å². The van der Waals surface area contributed by atoms with Gasteiger partial charge in [-0.25, -0.2) is 13.1 Å². The van der Waals surface area contributed by atoms with E-state index < -0.39 is 10.0 Å². The lowest BCUT2D eigenvalue weighted by Gasteiger charge is -2.07. The fourth-order valence-corrected chi connectivity index (χ4v) is 3.17. The zero-order chi connectivity index (χ0) is 17.7. The summed E-state index contributed by atoms with van der Waals surface area (Å²) in [7, 11) is -1.63. The molecule has 0 bridgehead atoms. The summed E-state index contributed by atoms with van der Waals surface area (Å²) in [6.45, 7) is 5.48. The first-order chi connectivity index (χ1) is 11.3. The molecule has 0 unspecified atom stereocenters. The molecule has 0 saturated heterocycles. The van der Waals surface area contributed by atoms with Gasteiger partial charge >= 0.3 is 0 Å². The van der Waals surface area contributed by atoms with Crippen LogP contribution in [-0.4, -0.2) is 30.7 Å². The predicted molar refractivity (Wildman–Crippen MR) is 93.2 cm³/mol. The maximum absolute atomic E-state index is 12.2. The first-order valence-corrected chi connectivity index (χ1v) is 8.95. The Morgan fingerprint density at radius 3 is 2.54 bits per heavy atom. The smallest absolute Gasteiger partial charge is 0.259 e. The third-order valence-corrected chi connectivity index (χ3v) is 4.82. The minimum absolute atomic E-state index is 0.128. The molecule has 0 saturated carbocycles. The molecular formula is C16H20N4O3S. The van der Waals surface area contributed by atoms with Gasteiger partial charge in [0.05, 0.1) is 17.5 Å². The molecule has 128 valence electrons. The molecule has 2 rings (SSSR count). The Balaban J connectivity index is 2.03. The lowest BCUT2D eigenvalue weighted by molar-refractivity contribution is 0.102. The van der Waals surface area contributed by atoms with Crippen molar-refractivity contribution >= 4 is 21.6 Å². The van der Waals surface area contributed by atoms with Gasteiger partial charge in [0.2, 0.25) is 10.0 Å². The number of hydrogen-bond donors (Lipinski definition) is 2. The van der Waals surface area contributed by atoms with Crippen molar-refractivity contribution in [3.63, 3.8) is 0 Å². The Kier molecular flexibility index (Phi) is 5.53. The van der Waals surface area contributed by atoms with Crippen LogP contribution in [0.15, 0.2) is 43.1 Å². The van der Waals surface area contributed by atoms with Crippen molar-refractivity contribution in [1.29, 1.82) is 0 Å². The highest BCUT2D eigenvalue weighted by atomic mass is 32.2. The minimum Gasteiger partial charge on any atom is -0.322 e. The average molecular weight is 348 g/mol. The van der Waals surface area contributed by atoms with Crippen LogP contribution in [0.2, 0.25) is 0 Å². The highest BCUT2D eigenvalue weighted by Crippen LogP contribution is 2.14. The lowest BCUT2D eigenvalue weighted by Crippen LogP contribution is -2.25. The fraction of sp³-hybridized carbons (Fsp3) is 0.250. The van der Waals surface area contributed by atoms with Gasteiger partial charge in [-0.1, -0.05) is 18.2 Å². The van der Waals surface area contributed by atoms with E-state index in [0.29, 0.717) is 16.8 Å². The molecule has 1 aromatic heterocycles. The number of nitrogens with zero attached hydrogens (tertiary/aromatic N) is 2. The molecule has 1 heterocycles. The highest BCUT2D eigenvalue weighted by Gasteiger charge is 2.13. The summed E-state index contributed by atoms with van der Waals surface area (Å²) in [4.78, 5) is 12.2. The molecule has 0 aliphatic rings. The van der Waals surface area contributed by atoms with Gasteiger partial charge in [0.1, 0.15) is 0 Å². The summed E-state index contributed by atoms with van der Waals surface area (Å²) in [6.07, 6.45) is 2.99. The van der Waals surface area contributed by atoms with E-state index in [1.807, 2.05) is 6.92 Å². The Hall–Kier alpha value is -2.45. The number of nitrogens with one attached hydrogen (secondary N) is 2. The van der Waals surface area contributed by atoms with Crippen molar-refractivity contribution in [2.75, 3.05) is 11.9 Å². The van der Waals surface area contributed by atoms with Gasteiger partial charge in [0.25, 0.3) is 5.91 Å². The molecule has 2 N–H and O–H groups in total. The van der Waals surface area contributed by atoms with E-state index in [9.17, 15) is 13.2 Å². The van der Waals surface area contributed by atoms with Crippen molar-refractivity contribution in [3.8, 4) is 0 Å². The van der Waals surface area contributed by atoms with Crippen LogP contribution in [0.5, 0.6) is 0 Å². The van der Waals surface area contributed by atoms with E-state index in [0.717, 1.165) is 5.69 Å². The number of anilines is 1. The maximum atomic E-state index is 12.2. The Morgan fingerprint density at radius 2 is 2.00 bits per heavy atom. The number of benzene rings is 1. The van der Waals surface area contributed by atoms with Gasteiger partial charge in [-0.15, -0.1) is 6.58 Å². The van der Waals surface area contributed by atoms with Gasteiger partial charge in [-0.2, -0.15) is 5.10 Å². The minimum atomic E-state index is -3.40. The van der Waals surface area contributed by atoms with Crippen molar-refractivity contribution in [2.24, 2.45) is 7.05 Å². The molecule has 1 aromatic carbocycles. The third-order valence-electron chi connectivity index (χ3n) is 3.50. The van der Waals surface area contributed by atoms with Crippen LogP contribution in [0.25, 0.3) is 0 Å². The number of carbonyl (C=O) groups excluding carboxylic acids is 1. The number of rotatable bonds is 7. The Morgan fingerprint density at radius 1 is 1.33 bits per heavy atom. The first kappa shape index (κ1) is 17.9. The van der Waals surface area contributed by atoms with Gasteiger partial charge < -0.3 is 5.32 Å². The van der Waals surface area contributed by atoms with E-state index in [4.69, 9.17) is 0 Å². The Labute approximate surface area is 141 Å². The molecule has 7 nitrogen and oxygen atoms in total. The molecule has 0 fully saturated rings. The SMILES string of the molecule is C=CCNS(=O)(=O)Cc1ccc(NC(=O)c2cnn(C)c2C)cc1. The van der Waals surface area contributed by atoms with Crippen molar-refractivity contribution in [3.05, 3.63) is 59.9 Å². The first-order valence-electron chi connectivity index (χ1n) is 7.29. The normalized spacial score (nSPS) is 11.2. The number of aryl methyl sites for hydroxylation is 1. The van der Waals surface area contributed by atoms with Crippen LogP contribution in [0.1, 0.15) is 21.6 Å². The van der Waals surface area contributed by atoms with E-state index in [1.165, 1.54) is 12.3 Å². The van der Waals surface area contributed by atoms with Gasteiger partial charge in [-0.3, -0.25) is 9.48 Å². The number of amides is 1. The van der Waals surface area contributed by atoms with Crippen LogP contribution >= 0.6 is 0 Å². The molecule has 0 atom stereocenters. The number of hydrogen-bond acceptors (Lipinski definition) is 4. The largest absolute Gasteiger partial charge is 0.322 e. The molecule has 0 aliphatic heterocycles. The monoisotopic (exact) mass is 348 g/mol. The average Bonchev–Trinajstić information content (AvgIpc) is 2.87. The standard InChI is InChI=1S/C16H20N4O3S/c1-4-9-18-24(22,23)11-13-5-7-14(8-6-13)19-16(21)15-10-17-20(3)12(15)2/h4-8,10,18H,1,9,11H2,2-3H3,(H,19,21). The molecular weight excluding hydrogens is 328 g/mol. The molecule has 8 heteroatoms. The maximum Gasteiger partial charge on any atom is 0.259 e. The van der Waals surface area contributed by atoms with Gasteiger partial charge in [0, 0.05) is 25.0 Å². The molecule has 0 radical (unpaired) electrons. The predicted octanol–water partition coefficient (Wildman–Crippen LogP) is 1.59. The van der Waals surface area contributed by atoms with E-state index in [-0.39, 0.29) is 18.2 Å². The highest BCUT2D eigenvalue weighted by molar-refractivity contribution is 7.88. The zero-order valence-electron chi connectivity index (χ0n) is 13.6. The van der Waals surface area contributed by atoms with Crippen molar-refractivity contribution < 1.29 is 13.2 Å². The second kappa shape index (κ2) is 7.41. The summed E-state index contributed by atoms with van der Waals surface area (Å²) in [5, 5.41) is 6.80. The van der Waals surface area contributed by atoms with E-state index in [1.54, 1.807) is 36.0 Å². The second-order valence-corrected chi connectivity index (χ2v) is 7.12. The topological polar surface area (TPSA) is 93.1 Å². The van der Waals surface area contributed by atoms with E-state index >= 15 is 0 Å². The second-order valence-electron chi connectivity index (χ2n) is 5.31. The summed E-state index contributed by atoms with van der Waals surface area (Å²) in [6, 6.07) is 6.67. The molecule has 0 aliphatic carbocycles. The van der Waals surface area contributed by atoms with Crippen LogP contribution < -0.4 is 10.0 Å². The van der Waals surface area contributed by atoms with Gasteiger partial charge in [-0.05, 0) is 24.6 Å². The molecule has 2 aromatic rings. The van der Waals surface area contributed by atoms with Crippen LogP contribution in [-0.2, 0) is 22.8 Å². The van der Waals surface area contributed by atoms with Crippen molar-refractivity contribution in [2.45, 2.75) is 12.7 Å². The van der Waals surface area contributed by atoms with E-state index in [2.05, 4.69) is 21.7 Å². The lowest BCUT2D eigenvalue weighted by atomic mass is 10.2. The summed E-state index contributed by atoms with van der Waals surface area (Å²) in [5.41, 5.74) is 2.48. The molecule has 24 heavy (non-hydrogen) atoms. The van der Waals surface area contributed by atoms with Crippen LogP contribution in [0, 0.1) is 6.92 Å².